The van der Waals surface area contributed by atoms with Gasteiger partial charge in [0.15, 0.2) is 0 Å². The van der Waals surface area contributed by atoms with Crippen LogP contribution >= 0.6 is 0 Å². The Morgan fingerprint density at radius 1 is 1.25 bits per heavy atom. The molecule has 0 unspecified atom stereocenters. The van der Waals surface area contributed by atoms with Gasteiger partial charge in [-0.1, -0.05) is 37.7 Å². The molecule has 129 valence electrons. The molecule has 24 heavy (non-hydrogen) atoms. The number of allylic oxidation sites excluding steroid dienone is 4. The van der Waals surface area contributed by atoms with Crippen molar-refractivity contribution in [2.24, 2.45) is 0 Å². The van der Waals surface area contributed by atoms with Gasteiger partial charge in [0, 0.05) is 22.9 Å². The molecule has 0 aliphatic carbocycles. The highest BCUT2D eigenvalue weighted by atomic mass is 16.5. The summed E-state index contributed by atoms with van der Waals surface area (Å²) in [6.07, 6.45) is 10.3. The van der Waals surface area contributed by atoms with Gasteiger partial charge >= 0.3 is 5.97 Å². The standard InChI is InChI=1S/C19H27BNO3/c1-7-10-16(13-20-14-22)18(23)24-15(4)12-17(11-8-2)21-19(5,6)9-3/h7-8,10-14,21H,4,9H2,1-3,5-6H3/b10-7-,11-8-,16-13+,17-12+. The van der Waals surface area contributed by atoms with Gasteiger partial charge < -0.3 is 14.8 Å². The van der Waals surface area contributed by atoms with Crippen molar-refractivity contribution >= 4 is 19.4 Å². The van der Waals surface area contributed by atoms with E-state index in [0.717, 1.165) is 12.1 Å². The zero-order chi connectivity index (χ0) is 18.6. The van der Waals surface area contributed by atoms with Crippen LogP contribution in [0.4, 0.5) is 0 Å². The van der Waals surface area contributed by atoms with E-state index in [1.165, 1.54) is 13.3 Å². The van der Waals surface area contributed by atoms with Crippen LogP contribution in [0.2, 0.25) is 0 Å². The van der Waals surface area contributed by atoms with Crippen LogP contribution in [-0.2, 0) is 14.3 Å². The molecule has 0 rings (SSSR count). The molecule has 0 aromatic rings. The molecule has 4 nitrogen and oxygen atoms in total. The molecule has 5 heteroatoms. The normalized spacial score (nSPS) is 13.2. The number of nitrogens with one attached hydrogen (secondary N) is 1. The first kappa shape index (κ1) is 21.7. The minimum Gasteiger partial charge on any atom is -0.424 e. The van der Waals surface area contributed by atoms with Crippen molar-refractivity contribution in [3.63, 3.8) is 0 Å². The number of carbonyl (C=O) groups excluding carboxylic acids is 2. The van der Waals surface area contributed by atoms with Crippen LogP contribution in [0.1, 0.15) is 41.0 Å². The molecule has 1 N–H and O–H groups in total. The molecular weight excluding hydrogens is 301 g/mol. The Labute approximate surface area is 146 Å². The molecule has 0 aromatic heterocycles. The van der Waals surface area contributed by atoms with Crippen LogP contribution < -0.4 is 5.32 Å². The maximum atomic E-state index is 12.1. The molecule has 0 heterocycles. The quantitative estimate of drug-likeness (QED) is 0.166. The van der Waals surface area contributed by atoms with Crippen LogP contribution in [0.3, 0.4) is 0 Å². The zero-order valence-corrected chi connectivity index (χ0v) is 15.3. The number of rotatable bonds is 10. The molecular formula is C19H27BNO3. The molecule has 0 atom stereocenters. The SMILES string of the molecule is C=C(/C=C(\C=C/C)NC(C)(C)CC)OC(=O)C(/C=C\C)=C/[B]C=O. The fourth-order valence-corrected chi connectivity index (χ4v) is 1.68. The van der Waals surface area contributed by atoms with Crippen LogP contribution in [0.25, 0.3) is 0 Å². The lowest BCUT2D eigenvalue weighted by atomic mass is 9.79. The number of hydrogen-bond donors (Lipinski definition) is 1. The molecule has 0 bridgehead atoms. The maximum Gasteiger partial charge on any atom is 0.342 e. The number of carbonyl (C=O) groups is 2. The van der Waals surface area contributed by atoms with E-state index in [0.29, 0.717) is 6.19 Å². The van der Waals surface area contributed by atoms with E-state index < -0.39 is 5.97 Å². The lowest BCUT2D eigenvalue weighted by Gasteiger charge is -2.26. The number of esters is 1. The molecule has 0 spiro atoms. The fourth-order valence-electron chi connectivity index (χ4n) is 1.68. The highest BCUT2D eigenvalue weighted by molar-refractivity contribution is 6.71. The van der Waals surface area contributed by atoms with Crippen molar-refractivity contribution in [1.82, 2.24) is 5.32 Å². The molecule has 0 fully saturated rings. The van der Waals surface area contributed by atoms with Crippen molar-refractivity contribution in [2.45, 2.75) is 46.6 Å². The van der Waals surface area contributed by atoms with Crippen LogP contribution in [-0.4, -0.2) is 25.0 Å². The zero-order valence-electron chi connectivity index (χ0n) is 15.3. The van der Waals surface area contributed by atoms with E-state index in [4.69, 9.17) is 4.74 Å². The summed E-state index contributed by atoms with van der Waals surface area (Å²) < 4.78 is 5.25. The Morgan fingerprint density at radius 3 is 2.38 bits per heavy atom. The summed E-state index contributed by atoms with van der Waals surface area (Å²) in [7, 11) is 1.24. The minimum absolute atomic E-state index is 0.0927. The summed E-state index contributed by atoms with van der Waals surface area (Å²) in [5.41, 5.74) is 0.983. The van der Waals surface area contributed by atoms with Gasteiger partial charge in [-0.05, 0) is 40.2 Å². The number of ether oxygens (including phenoxy) is 1. The van der Waals surface area contributed by atoms with Crippen LogP contribution in [0.5, 0.6) is 0 Å². The van der Waals surface area contributed by atoms with Gasteiger partial charge in [0.25, 0.3) is 0 Å². The Hall–Kier alpha value is -2.30. The largest absolute Gasteiger partial charge is 0.424 e. The Morgan fingerprint density at radius 2 is 1.88 bits per heavy atom. The Kier molecular flexibility index (Phi) is 10.2. The predicted octanol–water partition coefficient (Wildman–Crippen LogP) is 3.64. The van der Waals surface area contributed by atoms with Crippen molar-refractivity contribution in [3.05, 3.63) is 60.0 Å². The molecule has 0 amide bonds. The van der Waals surface area contributed by atoms with Crippen molar-refractivity contribution in [3.8, 4) is 0 Å². The van der Waals surface area contributed by atoms with E-state index >= 15 is 0 Å². The lowest BCUT2D eigenvalue weighted by Crippen LogP contribution is -2.37. The van der Waals surface area contributed by atoms with Crippen LogP contribution in [0.15, 0.2) is 60.0 Å². The van der Waals surface area contributed by atoms with Gasteiger partial charge in [-0.25, -0.2) is 4.79 Å². The van der Waals surface area contributed by atoms with Gasteiger partial charge in [0.05, 0.1) is 6.19 Å². The first-order chi connectivity index (χ1) is 11.3. The third-order valence-electron chi connectivity index (χ3n) is 3.19. The summed E-state index contributed by atoms with van der Waals surface area (Å²) in [5.74, 6) is 1.05. The predicted molar refractivity (Wildman–Crippen MR) is 101 cm³/mol. The average Bonchev–Trinajstić information content (AvgIpc) is 2.51. The summed E-state index contributed by atoms with van der Waals surface area (Å²) in [6, 6.07) is 0. The second-order valence-corrected chi connectivity index (χ2v) is 5.77. The average molecular weight is 328 g/mol. The second-order valence-electron chi connectivity index (χ2n) is 5.77. The molecule has 0 aromatic carbocycles. The second kappa shape index (κ2) is 11.3. The minimum atomic E-state index is -0.568. The van der Waals surface area contributed by atoms with Gasteiger partial charge in [-0.2, -0.15) is 0 Å². The van der Waals surface area contributed by atoms with Gasteiger partial charge in [0.2, 0.25) is 7.28 Å². The molecule has 0 saturated carbocycles. The fraction of sp³-hybridized carbons (Fsp3) is 0.368. The third kappa shape index (κ3) is 8.98. The van der Waals surface area contributed by atoms with Gasteiger partial charge in [-0.15, -0.1) is 0 Å². The van der Waals surface area contributed by atoms with Gasteiger partial charge in [0.1, 0.15) is 5.76 Å². The molecule has 0 aliphatic heterocycles. The van der Waals surface area contributed by atoms with Gasteiger partial charge in [-0.3, -0.25) is 0 Å². The summed E-state index contributed by atoms with van der Waals surface area (Å²) >= 11 is 0. The van der Waals surface area contributed by atoms with Crippen molar-refractivity contribution < 1.29 is 14.3 Å². The Bertz CT molecular complexity index is 569. The molecule has 0 aliphatic rings. The first-order valence-electron chi connectivity index (χ1n) is 7.94. The first-order valence-corrected chi connectivity index (χ1v) is 7.94. The van der Waals surface area contributed by atoms with E-state index in [1.807, 2.05) is 19.1 Å². The Balaban J connectivity index is 5.16. The lowest BCUT2D eigenvalue weighted by molar-refractivity contribution is -0.134. The summed E-state index contributed by atoms with van der Waals surface area (Å²) in [5, 5.41) is 3.38. The monoisotopic (exact) mass is 328 g/mol. The smallest absolute Gasteiger partial charge is 0.342 e. The highest BCUT2D eigenvalue weighted by Crippen LogP contribution is 2.13. The van der Waals surface area contributed by atoms with Crippen LogP contribution in [0, 0.1) is 0 Å². The summed E-state index contributed by atoms with van der Waals surface area (Å²) in [6.45, 7) is 13.7. The van der Waals surface area contributed by atoms with E-state index in [-0.39, 0.29) is 16.9 Å². The van der Waals surface area contributed by atoms with E-state index in [9.17, 15) is 9.59 Å². The summed E-state index contributed by atoms with van der Waals surface area (Å²) in [4.78, 5) is 22.5. The molecule has 0 saturated heterocycles. The molecule has 1 radical (unpaired) electrons. The highest BCUT2D eigenvalue weighted by Gasteiger charge is 2.15. The van der Waals surface area contributed by atoms with E-state index in [2.05, 4.69) is 32.7 Å². The third-order valence-corrected chi connectivity index (χ3v) is 3.19. The van der Waals surface area contributed by atoms with Crippen molar-refractivity contribution in [1.29, 1.82) is 0 Å². The maximum absolute atomic E-state index is 12.1. The number of hydrogen-bond acceptors (Lipinski definition) is 4. The topological polar surface area (TPSA) is 55.4 Å². The van der Waals surface area contributed by atoms with E-state index in [1.54, 1.807) is 25.2 Å². The van der Waals surface area contributed by atoms with Crippen molar-refractivity contribution in [2.75, 3.05) is 0 Å².